The maximum absolute atomic E-state index is 14.1. The summed E-state index contributed by atoms with van der Waals surface area (Å²) in [6.45, 7) is 17.5. The average Bonchev–Trinajstić information content (AvgIpc) is 2.88. The molecule has 0 bridgehead atoms. The number of nitrogens with zero attached hydrogens (tertiary/aromatic N) is 2. The topological polar surface area (TPSA) is 98.2 Å². The second-order valence-electron chi connectivity index (χ2n) is 14.2. The van der Waals surface area contributed by atoms with Crippen LogP contribution in [0.4, 0.5) is 4.39 Å². The number of hydrogen-bond acceptors (Lipinski definition) is 7. The fraction of sp³-hybridized carbons (Fsp3) is 0.571. The monoisotopic (exact) mass is 610 g/mol. The molecule has 44 heavy (non-hydrogen) atoms. The number of pyridine rings is 1. The Morgan fingerprint density at radius 2 is 1.82 bits per heavy atom. The van der Waals surface area contributed by atoms with Crippen molar-refractivity contribution in [2.45, 2.75) is 117 Å². The van der Waals surface area contributed by atoms with E-state index in [4.69, 9.17) is 19.2 Å². The summed E-state index contributed by atoms with van der Waals surface area (Å²) in [5.41, 5.74) is 4.10. The number of hydrogen-bond donors (Lipinski definition) is 1. The van der Waals surface area contributed by atoms with Gasteiger partial charge in [0.05, 0.1) is 30.0 Å². The number of rotatable bonds is 7. The van der Waals surface area contributed by atoms with Gasteiger partial charge in [0.25, 0.3) is 0 Å². The minimum atomic E-state index is -0.927. The number of aliphatic hydroxyl groups is 1. The van der Waals surface area contributed by atoms with Crippen LogP contribution in [0.1, 0.15) is 104 Å². The Hall–Kier alpha value is -3.14. The van der Waals surface area contributed by atoms with Gasteiger partial charge in [-0.25, -0.2) is 4.39 Å². The van der Waals surface area contributed by atoms with E-state index in [-0.39, 0.29) is 42.7 Å². The molecule has 2 atom stereocenters. The minimum absolute atomic E-state index is 0.0546. The number of carbonyl (C=O) groups excluding carboxylic acids is 2. The molecule has 1 saturated heterocycles. The van der Waals surface area contributed by atoms with Gasteiger partial charge in [0.2, 0.25) is 5.91 Å². The molecule has 0 radical (unpaired) electrons. The lowest BCUT2D eigenvalue weighted by Crippen LogP contribution is -2.47. The highest BCUT2D eigenvalue weighted by molar-refractivity contribution is 5.83. The summed E-state index contributed by atoms with van der Waals surface area (Å²) in [5.74, 6) is -1.90. The standard InChI is InChI=1S/C35H47FN2O6/c1-21(2)31-26(15-14-24-16-25(43-35(8,9)42-24)17-29(41)44-33(3,4)5)30(22-10-12-23(36)13-11-22)27-18-38(28(40)19-39)20-34(6,7)32(27)37-31/h10-15,21,24-25,39H,16-20H2,1-9H3/b15-14+/t24-,25-/m1/s1. The number of amides is 1. The Morgan fingerprint density at radius 3 is 2.41 bits per heavy atom. The van der Waals surface area contributed by atoms with Crippen molar-refractivity contribution in [3.05, 3.63) is 58.7 Å². The molecular weight excluding hydrogens is 563 g/mol. The molecule has 1 aromatic carbocycles. The lowest BCUT2D eigenvalue weighted by Gasteiger charge is -2.41. The fourth-order valence-electron chi connectivity index (χ4n) is 6.17. The lowest BCUT2D eigenvalue weighted by molar-refractivity contribution is -0.290. The van der Waals surface area contributed by atoms with E-state index in [1.54, 1.807) is 17.0 Å². The maximum atomic E-state index is 14.1. The Labute approximate surface area is 260 Å². The molecule has 9 heteroatoms. The molecule has 0 aliphatic carbocycles. The summed E-state index contributed by atoms with van der Waals surface area (Å²) in [6.07, 6.45) is 3.76. The molecule has 4 rings (SSSR count). The summed E-state index contributed by atoms with van der Waals surface area (Å²) in [6, 6.07) is 6.36. The van der Waals surface area contributed by atoms with E-state index in [1.807, 2.05) is 60.6 Å². The third-order valence-electron chi connectivity index (χ3n) is 7.78. The van der Waals surface area contributed by atoms with Crippen molar-refractivity contribution >= 4 is 18.0 Å². The molecule has 1 aromatic heterocycles. The van der Waals surface area contributed by atoms with Crippen LogP contribution in [0.3, 0.4) is 0 Å². The number of fused-ring (bicyclic) bond motifs is 1. The molecule has 1 amide bonds. The minimum Gasteiger partial charge on any atom is -0.460 e. The van der Waals surface area contributed by atoms with Crippen molar-refractivity contribution in [3.8, 4) is 11.1 Å². The van der Waals surface area contributed by atoms with Gasteiger partial charge in [0.1, 0.15) is 18.0 Å². The van der Waals surface area contributed by atoms with Crippen LogP contribution >= 0.6 is 0 Å². The maximum Gasteiger partial charge on any atom is 0.308 e. The molecular formula is C35H47FN2O6. The van der Waals surface area contributed by atoms with Crippen LogP contribution in [0.25, 0.3) is 17.2 Å². The van der Waals surface area contributed by atoms with E-state index in [9.17, 15) is 19.1 Å². The fourth-order valence-corrected chi connectivity index (χ4v) is 6.17. The van der Waals surface area contributed by atoms with Gasteiger partial charge in [-0.2, -0.15) is 0 Å². The summed E-state index contributed by atoms with van der Waals surface area (Å²) in [4.78, 5) is 32.2. The van der Waals surface area contributed by atoms with Crippen LogP contribution in [0.5, 0.6) is 0 Å². The SMILES string of the molecule is CC(C)c1nc2c(c(-c3ccc(F)cc3)c1/C=C/[C@@H]1C[C@H](CC(=O)OC(C)(C)C)OC(C)(C)O1)CN(C(=O)CO)CC2(C)C. The van der Waals surface area contributed by atoms with Gasteiger partial charge < -0.3 is 24.2 Å². The van der Waals surface area contributed by atoms with E-state index in [1.165, 1.54) is 12.1 Å². The zero-order valence-electron chi connectivity index (χ0n) is 27.5. The van der Waals surface area contributed by atoms with Crippen molar-refractivity contribution in [2.24, 2.45) is 0 Å². The van der Waals surface area contributed by atoms with Gasteiger partial charge in [0.15, 0.2) is 5.79 Å². The second-order valence-corrected chi connectivity index (χ2v) is 14.2. The number of halogens is 1. The molecule has 3 heterocycles. The van der Waals surface area contributed by atoms with E-state index < -0.39 is 29.5 Å². The predicted octanol–water partition coefficient (Wildman–Crippen LogP) is 6.28. The van der Waals surface area contributed by atoms with E-state index in [0.29, 0.717) is 13.0 Å². The van der Waals surface area contributed by atoms with Crippen LogP contribution in [-0.4, -0.2) is 63.6 Å². The number of esters is 1. The molecule has 8 nitrogen and oxygen atoms in total. The Kier molecular flexibility index (Phi) is 9.74. The first-order chi connectivity index (χ1) is 20.4. The van der Waals surface area contributed by atoms with Crippen LogP contribution in [0.2, 0.25) is 0 Å². The molecule has 2 aromatic rings. The smallest absolute Gasteiger partial charge is 0.308 e. The molecule has 0 unspecified atom stereocenters. The number of aromatic nitrogens is 1. The number of aliphatic hydroxyl groups excluding tert-OH is 1. The Balaban J connectivity index is 1.82. The quantitative estimate of drug-likeness (QED) is 0.369. The first kappa shape index (κ1) is 33.7. The average molecular weight is 611 g/mol. The Morgan fingerprint density at radius 1 is 1.16 bits per heavy atom. The van der Waals surface area contributed by atoms with Crippen LogP contribution in [-0.2, 0) is 35.8 Å². The van der Waals surface area contributed by atoms with Crippen molar-refractivity contribution in [1.29, 1.82) is 0 Å². The van der Waals surface area contributed by atoms with Crippen molar-refractivity contribution < 1.29 is 33.3 Å². The third kappa shape index (κ3) is 7.92. The Bertz CT molecular complexity index is 1410. The van der Waals surface area contributed by atoms with Crippen molar-refractivity contribution in [3.63, 3.8) is 0 Å². The van der Waals surface area contributed by atoms with Gasteiger partial charge in [-0.05, 0) is 63.8 Å². The molecule has 2 aliphatic rings. The molecule has 1 fully saturated rings. The molecule has 1 N–H and O–H groups in total. The van der Waals surface area contributed by atoms with Crippen molar-refractivity contribution in [1.82, 2.24) is 9.88 Å². The largest absolute Gasteiger partial charge is 0.460 e. The van der Waals surface area contributed by atoms with Crippen molar-refractivity contribution in [2.75, 3.05) is 13.2 Å². The zero-order valence-corrected chi connectivity index (χ0v) is 27.5. The normalized spacial score (nSPS) is 21.4. The highest BCUT2D eigenvalue weighted by Crippen LogP contribution is 2.43. The molecule has 0 saturated carbocycles. The lowest BCUT2D eigenvalue weighted by atomic mass is 9.77. The second kappa shape index (κ2) is 12.7. The van der Waals surface area contributed by atoms with E-state index in [2.05, 4.69) is 13.8 Å². The van der Waals surface area contributed by atoms with Gasteiger partial charge in [-0.15, -0.1) is 0 Å². The summed E-state index contributed by atoms with van der Waals surface area (Å²) >= 11 is 0. The first-order valence-corrected chi connectivity index (χ1v) is 15.4. The highest BCUT2D eigenvalue weighted by Gasteiger charge is 2.39. The summed E-state index contributed by atoms with van der Waals surface area (Å²) in [5, 5.41) is 9.68. The highest BCUT2D eigenvalue weighted by atomic mass is 19.1. The van der Waals surface area contributed by atoms with Gasteiger partial charge >= 0.3 is 5.97 Å². The van der Waals surface area contributed by atoms with E-state index >= 15 is 0 Å². The van der Waals surface area contributed by atoms with Gasteiger partial charge in [-0.1, -0.05) is 52.0 Å². The molecule has 240 valence electrons. The summed E-state index contributed by atoms with van der Waals surface area (Å²) < 4.78 is 32.0. The number of carbonyl (C=O) groups is 2. The van der Waals surface area contributed by atoms with Gasteiger partial charge in [-0.3, -0.25) is 14.6 Å². The van der Waals surface area contributed by atoms with Crippen LogP contribution in [0.15, 0.2) is 30.3 Å². The third-order valence-corrected chi connectivity index (χ3v) is 7.78. The molecule has 0 spiro atoms. The van der Waals surface area contributed by atoms with Crippen LogP contribution < -0.4 is 0 Å². The van der Waals surface area contributed by atoms with Gasteiger partial charge in [0, 0.05) is 36.1 Å². The summed E-state index contributed by atoms with van der Waals surface area (Å²) in [7, 11) is 0. The predicted molar refractivity (Wildman–Crippen MR) is 167 cm³/mol. The molecule has 2 aliphatic heterocycles. The first-order valence-electron chi connectivity index (χ1n) is 15.4. The number of ether oxygens (including phenoxy) is 3. The van der Waals surface area contributed by atoms with E-state index in [0.717, 1.165) is 33.6 Å². The van der Waals surface area contributed by atoms with Crippen LogP contribution in [0, 0.1) is 5.82 Å². The zero-order chi connectivity index (χ0) is 32.6. The number of benzene rings is 1.